The highest BCUT2D eigenvalue weighted by Crippen LogP contribution is 2.26. The van der Waals surface area contributed by atoms with E-state index in [1.54, 1.807) is 0 Å². The lowest BCUT2D eigenvalue weighted by Crippen LogP contribution is -2.45. The lowest BCUT2D eigenvalue weighted by molar-refractivity contribution is -0.123. The molecule has 3 nitrogen and oxygen atoms in total. The number of halogens is 3. The van der Waals surface area contributed by atoms with E-state index >= 15 is 0 Å². The summed E-state index contributed by atoms with van der Waals surface area (Å²) in [5, 5.41) is 5.33. The smallest absolute Gasteiger partial charge is 0.262 e. The number of carbonyl (C=O) groups excluding carboxylic acids is 1. The lowest BCUT2D eigenvalue weighted by Gasteiger charge is -2.26. The van der Waals surface area contributed by atoms with E-state index in [9.17, 15) is 13.6 Å². The fraction of sp³-hybridized carbons (Fsp3) is 0.533. The SMILES string of the molecule is CC(C)(CNC(=O)C1CC(F)(F)CN1)c1ccc(Br)cc1. The number of hydrogen-bond acceptors (Lipinski definition) is 2. The average Bonchev–Trinajstić information content (AvgIpc) is 2.77. The minimum absolute atomic E-state index is 0.266. The maximum atomic E-state index is 13.1. The second kappa shape index (κ2) is 6.01. The highest BCUT2D eigenvalue weighted by atomic mass is 79.9. The summed E-state index contributed by atoms with van der Waals surface area (Å²) >= 11 is 3.38. The number of carbonyl (C=O) groups is 1. The van der Waals surface area contributed by atoms with E-state index in [1.165, 1.54) is 0 Å². The van der Waals surface area contributed by atoms with Crippen molar-refractivity contribution >= 4 is 21.8 Å². The first kappa shape index (κ1) is 16.4. The summed E-state index contributed by atoms with van der Waals surface area (Å²) in [4.78, 5) is 12.0. The van der Waals surface area contributed by atoms with Gasteiger partial charge in [0.05, 0.1) is 12.6 Å². The zero-order chi connectivity index (χ0) is 15.7. The molecular formula is C15H19BrF2N2O. The maximum Gasteiger partial charge on any atom is 0.262 e. The van der Waals surface area contributed by atoms with Crippen molar-refractivity contribution in [1.29, 1.82) is 0 Å². The minimum Gasteiger partial charge on any atom is -0.354 e. The van der Waals surface area contributed by atoms with Gasteiger partial charge in [0.1, 0.15) is 0 Å². The summed E-state index contributed by atoms with van der Waals surface area (Å²) in [6.45, 7) is 3.98. The van der Waals surface area contributed by atoms with Gasteiger partial charge in [-0.2, -0.15) is 0 Å². The van der Waals surface area contributed by atoms with E-state index in [4.69, 9.17) is 0 Å². The fourth-order valence-electron chi connectivity index (χ4n) is 2.34. The Hall–Kier alpha value is -1.01. The van der Waals surface area contributed by atoms with Crippen LogP contribution in [-0.4, -0.2) is 31.0 Å². The highest BCUT2D eigenvalue weighted by Gasteiger charge is 2.42. The van der Waals surface area contributed by atoms with Gasteiger partial charge in [0.15, 0.2) is 0 Å². The Kier molecular flexibility index (Phi) is 4.68. The molecule has 0 saturated carbocycles. The molecule has 1 unspecified atom stereocenters. The van der Waals surface area contributed by atoms with Crippen molar-refractivity contribution in [3.05, 3.63) is 34.3 Å². The molecular weight excluding hydrogens is 342 g/mol. The number of hydrogen-bond donors (Lipinski definition) is 2. The van der Waals surface area contributed by atoms with Gasteiger partial charge < -0.3 is 5.32 Å². The number of alkyl halides is 2. The van der Waals surface area contributed by atoms with E-state index in [0.29, 0.717) is 6.54 Å². The molecule has 1 amide bonds. The molecule has 6 heteroatoms. The van der Waals surface area contributed by atoms with E-state index in [-0.39, 0.29) is 11.3 Å². The molecule has 0 spiro atoms. The van der Waals surface area contributed by atoms with Gasteiger partial charge >= 0.3 is 0 Å². The first-order valence-corrected chi connectivity index (χ1v) is 7.64. The molecule has 0 aliphatic carbocycles. The van der Waals surface area contributed by atoms with Crippen LogP contribution in [0.25, 0.3) is 0 Å². The molecule has 1 aliphatic heterocycles. The summed E-state index contributed by atoms with van der Waals surface area (Å²) in [6.07, 6.45) is -0.433. The molecule has 1 aromatic carbocycles. The summed E-state index contributed by atoms with van der Waals surface area (Å²) in [5.41, 5.74) is 0.813. The fourth-order valence-corrected chi connectivity index (χ4v) is 2.60. The topological polar surface area (TPSA) is 41.1 Å². The van der Waals surface area contributed by atoms with Crippen molar-refractivity contribution in [3.63, 3.8) is 0 Å². The third-order valence-corrected chi connectivity index (χ3v) is 4.29. The second-order valence-corrected chi connectivity index (χ2v) is 7.02. The number of benzene rings is 1. The van der Waals surface area contributed by atoms with Crippen molar-refractivity contribution in [2.45, 2.75) is 37.6 Å². The molecule has 116 valence electrons. The van der Waals surface area contributed by atoms with Gasteiger partial charge in [-0.3, -0.25) is 10.1 Å². The van der Waals surface area contributed by atoms with Crippen LogP contribution in [0.2, 0.25) is 0 Å². The van der Waals surface area contributed by atoms with Gasteiger partial charge in [0.2, 0.25) is 5.91 Å². The molecule has 0 radical (unpaired) electrons. The summed E-state index contributed by atoms with van der Waals surface area (Å²) in [6, 6.07) is 7.05. The molecule has 2 rings (SSSR count). The molecule has 2 N–H and O–H groups in total. The van der Waals surface area contributed by atoms with Crippen LogP contribution >= 0.6 is 15.9 Å². The van der Waals surface area contributed by atoms with Crippen molar-refractivity contribution in [1.82, 2.24) is 10.6 Å². The van der Waals surface area contributed by atoms with Gasteiger partial charge in [-0.25, -0.2) is 8.78 Å². The molecule has 1 atom stereocenters. The Morgan fingerprint density at radius 2 is 2.05 bits per heavy atom. The Labute approximate surface area is 131 Å². The summed E-state index contributed by atoms with van der Waals surface area (Å²) < 4.78 is 27.2. The summed E-state index contributed by atoms with van der Waals surface area (Å²) in [5.74, 6) is -3.15. The zero-order valence-corrected chi connectivity index (χ0v) is 13.6. The van der Waals surface area contributed by atoms with Gasteiger partial charge in [-0.15, -0.1) is 0 Å². The standard InChI is InChI=1S/C15H19BrF2N2O/c1-14(2,10-3-5-11(16)6-4-10)8-20-13(21)12-7-15(17,18)9-19-12/h3-6,12,19H,7-9H2,1-2H3,(H,20,21). The van der Waals surface area contributed by atoms with E-state index in [0.717, 1.165) is 10.0 Å². The van der Waals surface area contributed by atoms with Crippen LogP contribution in [0.5, 0.6) is 0 Å². The molecule has 1 fully saturated rings. The normalized spacial score (nSPS) is 21.3. The zero-order valence-electron chi connectivity index (χ0n) is 12.1. The number of amides is 1. The predicted molar refractivity (Wildman–Crippen MR) is 81.5 cm³/mol. The Bertz CT molecular complexity index is 517. The van der Waals surface area contributed by atoms with Crippen LogP contribution in [0.1, 0.15) is 25.8 Å². The molecule has 0 aromatic heterocycles. The third-order valence-electron chi connectivity index (χ3n) is 3.76. The van der Waals surface area contributed by atoms with Crippen LogP contribution in [0.3, 0.4) is 0 Å². The van der Waals surface area contributed by atoms with Gasteiger partial charge in [0.25, 0.3) is 5.92 Å². The molecule has 21 heavy (non-hydrogen) atoms. The molecule has 1 aliphatic rings. The van der Waals surface area contributed by atoms with Gasteiger partial charge in [0, 0.05) is 22.9 Å². The molecule has 0 bridgehead atoms. The van der Waals surface area contributed by atoms with Crippen molar-refractivity contribution < 1.29 is 13.6 Å². The van der Waals surface area contributed by atoms with Crippen LogP contribution < -0.4 is 10.6 Å². The Balaban J connectivity index is 1.92. The Morgan fingerprint density at radius 1 is 1.43 bits per heavy atom. The molecule has 1 saturated heterocycles. The van der Waals surface area contributed by atoms with Crippen molar-refractivity contribution in [3.8, 4) is 0 Å². The van der Waals surface area contributed by atoms with Crippen molar-refractivity contribution in [2.24, 2.45) is 0 Å². The van der Waals surface area contributed by atoms with Crippen LogP contribution in [0.4, 0.5) is 8.78 Å². The minimum atomic E-state index is -2.79. The van der Waals surface area contributed by atoms with E-state index in [2.05, 4.69) is 26.6 Å². The van der Waals surface area contributed by atoms with Crippen LogP contribution in [0, 0.1) is 0 Å². The predicted octanol–water partition coefficient (Wildman–Crippen LogP) is 2.84. The second-order valence-electron chi connectivity index (χ2n) is 6.10. The maximum absolute atomic E-state index is 13.1. The van der Waals surface area contributed by atoms with Gasteiger partial charge in [-0.1, -0.05) is 41.9 Å². The largest absolute Gasteiger partial charge is 0.354 e. The third kappa shape index (κ3) is 4.23. The number of rotatable bonds is 4. The van der Waals surface area contributed by atoms with Crippen molar-refractivity contribution in [2.75, 3.05) is 13.1 Å². The molecule has 1 aromatic rings. The average molecular weight is 361 g/mol. The first-order valence-electron chi connectivity index (χ1n) is 6.85. The monoisotopic (exact) mass is 360 g/mol. The van der Waals surface area contributed by atoms with E-state index < -0.39 is 24.9 Å². The number of nitrogens with one attached hydrogen (secondary N) is 2. The molecule has 1 heterocycles. The lowest BCUT2D eigenvalue weighted by atomic mass is 9.84. The first-order chi connectivity index (χ1) is 9.70. The van der Waals surface area contributed by atoms with E-state index in [1.807, 2.05) is 38.1 Å². The highest BCUT2D eigenvalue weighted by molar-refractivity contribution is 9.10. The summed E-state index contributed by atoms with van der Waals surface area (Å²) in [7, 11) is 0. The Morgan fingerprint density at radius 3 is 2.57 bits per heavy atom. The van der Waals surface area contributed by atoms with Crippen LogP contribution in [0.15, 0.2) is 28.7 Å². The quantitative estimate of drug-likeness (QED) is 0.866. The van der Waals surface area contributed by atoms with Crippen LogP contribution in [-0.2, 0) is 10.2 Å². The van der Waals surface area contributed by atoms with Gasteiger partial charge in [-0.05, 0) is 17.7 Å².